The number of anilines is 1. The lowest BCUT2D eigenvalue weighted by Crippen LogP contribution is -2.39. The van der Waals surface area contributed by atoms with Crippen molar-refractivity contribution in [2.24, 2.45) is 16.3 Å². The lowest BCUT2D eigenvalue weighted by Gasteiger charge is -2.28. The molecular formula is C14H23N3O3S. The van der Waals surface area contributed by atoms with Crippen LogP contribution in [0.3, 0.4) is 0 Å². The summed E-state index contributed by atoms with van der Waals surface area (Å²) in [4.78, 5) is 0. The summed E-state index contributed by atoms with van der Waals surface area (Å²) in [6, 6.07) is 8.83. The van der Waals surface area contributed by atoms with Crippen LogP contribution in [0.1, 0.15) is 27.2 Å². The van der Waals surface area contributed by atoms with Crippen LogP contribution in [0, 0.1) is 5.41 Å². The smallest absolute Gasteiger partial charge is 0.235 e. The number of sulfonamides is 1. The molecule has 21 heavy (non-hydrogen) atoms. The molecule has 0 aliphatic carbocycles. The van der Waals surface area contributed by atoms with Gasteiger partial charge in [0.1, 0.15) is 5.84 Å². The molecule has 0 saturated heterocycles. The Morgan fingerprint density at radius 3 is 2.33 bits per heavy atom. The number of nitrogens with two attached hydrogens (primary N) is 1. The molecule has 1 rings (SSSR count). The Morgan fingerprint density at radius 1 is 1.29 bits per heavy atom. The standard InChI is InChI=1S/C14H23N3O3S/c1-14(2,3)11-21(19,20)17(10-9-13(15)16-18)12-7-5-4-6-8-12/h4-8,18H,9-11H2,1-3H3,(H2,15,16). The topological polar surface area (TPSA) is 96.0 Å². The van der Waals surface area contributed by atoms with Gasteiger partial charge >= 0.3 is 0 Å². The summed E-state index contributed by atoms with van der Waals surface area (Å²) in [5.74, 6) is 0.0207. The Morgan fingerprint density at radius 2 is 1.86 bits per heavy atom. The van der Waals surface area contributed by atoms with Crippen molar-refractivity contribution in [3.63, 3.8) is 0 Å². The summed E-state index contributed by atoms with van der Waals surface area (Å²) in [5.41, 5.74) is 5.67. The molecule has 1 aromatic rings. The number of rotatable bonds is 6. The number of hydrogen-bond donors (Lipinski definition) is 2. The van der Waals surface area contributed by atoms with Crippen molar-refractivity contribution in [3.05, 3.63) is 30.3 Å². The average Bonchev–Trinajstić information content (AvgIpc) is 2.36. The second-order valence-corrected chi connectivity index (χ2v) is 7.96. The Labute approximate surface area is 126 Å². The van der Waals surface area contributed by atoms with Gasteiger partial charge in [0.05, 0.1) is 11.4 Å². The molecule has 0 aliphatic heterocycles. The van der Waals surface area contributed by atoms with Gasteiger partial charge in [-0.05, 0) is 17.5 Å². The van der Waals surface area contributed by atoms with Gasteiger partial charge in [0.15, 0.2) is 0 Å². The van der Waals surface area contributed by atoms with Crippen LogP contribution in [-0.4, -0.2) is 31.8 Å². The van der Waals surface area contributed by atoms with Crippen molar-refractivity contribution in [2.75, 3.05) is 16.6 Å². The summed E-state index contributed by atoms with van der Waals surface area (Å²) < 4.78 is 26.6. The van der Waals surface area contributed by atoms with Crippen molar-refractivity contribution in [3.8, 4) is 0 Å². The van der Waals surface area contributed by atoms with Crippen molar-refractivity contribution in [1.29, 1.82) is 0 Å². The van der Waals surface area contributed by atoms with E-state index >= 15 is 0 Å². The van der Waals surface area contributed by atoms with Crippen LogP contribution in [0.5, 0.6) is 0 Å². The molecule has 6 nitrogen and oxygen atoms in total. The lowest BCUT2D eigenvalue weighted by molar-refractivity contribution is 0.317. The normalized spacial score (nSPS) is 13.2. The largest absolute Gasteiger partial charge is 0.409 e. The van der Waals surface area contributed by atoms with Crippen LogP contribution in [0.4, 0.5) is 5.69 Å². The maximum atomic E-state index is 12.6. The van der Waals surface area contributed by atoms with Gasteiger partial charge in [-0.2, -0.15) is 0 Å². The molecule has 3 N–H and O–H groups in total. The van der Waals surface area contributed by atoms with Crippen molar-refractivity contribution in [1.82, 2.24) is 0 Å². The van der Waals surface area contributed by atoms with E-state index in [0.29, 0.717) is 5.69 Å². The maximum Gasteiger partial charge on any atom is 0.235 e. The SMILES string of the molecule is CC(C)(C)CS(=O)(=O)N(CCC(N)=NO)c1ccccc1. The molecule has 0 spiro atoms. The van der Waals surface area contributed by atoms with Gasteiger partial charge in [0, 0.05) is 13.0 Å². The first-order valence-corrected chi connectivity index (χ1v) is 8.28. The van der Waals surface area contributed by atoms with E-state index in [1.807, 2.05) is 26.8 Å². The highest BCUT2D eigenvalue weighted by molar-refractivity contribution is 7.92. The second kappa shape index (κ2) is 6.80. The minimum Gasteiger partial charge on any atom is -0.409 e. The molecule has 0 aromatic heterocycles. The molecule has 0 amide bonds. The van der Waals surface area contributed by atoms with E-state index in [0.717, 1.165) is 0 Å². The number of para-hydroxylation sites is 1. The minimum atomic E-state index is -3.50. The summed E-state index contributed by atoms with van der Waals surface area (Å²) in [6.45, 7) is 5.75. The van der Waals surface area contributed by atoms with Crippen LogP contribution in [-0.2, 0) is 10.0 Å². The minimum absolute atomic E-state index is 0.00175. The second-order valence-electron chi connectivity index (χ2n) is 6.07. The number of nitrogens with zero attached hydrogens (tertiary/aromatic N) is 2. The van der Waals surface area contributed by atoms with E-state index in [1.165, 1.54) is 4.31 Å². The first-order valence-electron chi connectivity index (χ1n) is 6.67. The quantitative estimate of drug-likeness (QED) is 0.363. The first-order chi connectivity index (χ1) is 9.65. The Bertz CT molecular complexity index is 577. The van der Waals surface area contributed by atoms with Crippen LogP contribution < -0.4 is 10.0 Å². The van der Waals surface area contributed by atoms with Gasteiger partial charge in [-0.1, -0.05) is 44.1 Å². The van der Waals surface area contributed by atoms with Crippen molar-refractivity contribution < 1.29 is 13.6 Å². The monoisotopic (exact) mass is 313 g/mol. The third-order valence-corrected chi connectivity index (χ3v) is 4.99. The van der Waals surface area contributed by atoms with Gasteiger partial charge in [0.2, 0.25) is 10.0 Å². The van der Waals surface area contributed by atoms with Crippen LogP contribution >= 0.6 is 0 Å². The molecule has 0 radical (unpaired) electrons. The fraction of sp³-hybridized carbons (Fsp3) is 0.500. The van der Waals surface area contributed by atoms with E-state index in [1.54, 1.807) is 24.3 Å². The summed E-state index contributed by atoms with van der Waals surface area (Å²) in [7, 11) is -3.50. The molecule has 0 unspecified atom stereocenters. The molecule has 118 valence electrons. The highest BCUT2D eigenvalue weighted by Gasteiger charge is 2.28. The van der Waals surface area contributed by atoms with Gasteiger partial charge in [-0.25, -0.2) is 8.42 Å². The Hall–Kier alpha value is -1.76. The third-order valence-electron chi connectivity index (χ3n) is 2.69. The molecule has 0 aliphatic rings. The van der Waals surface area contributed by atoms with Crippen LogP contribution in [0.15, 0.2) is 35.5 Å². The molecule has 0 bridgehead atoms. The van der Waals surface area contributed by atoms with Gasteiger partial charge in [0.25, 0.3) is 0 Å². The number of oxime groups is 1. The zero-order valence-corrected chi connectivity index (χ0v) is 13.5. The van der Waals surface area contributed by atoms with E-state index in [9.17, 15) is 8.42 Å². The lowest BCUT2D eigenvalue weighted by atomic mass is 10.0. The molecule has 0 atom stereocenters. The number of hydrogen-bond acceptors (Lipinski definition) is 4. The van der Waals surface area contributed by atoms with Crippen molar-refractivity contribution >= 4 is 21.5 Å². The zero-order chi connectivity index (χ0) is 16.1. The van der Waals surface area contributed by atoms with Crippen LogP contribution in [0.2, 0.25) is 0 Å². The highest BCUT2D eigenvalue weighted by atomic mass is 32.2. The van der Waals surface area contributed by atoms with Crippen LogP contribution in [0.25, 0.3) is 0 Å². The van der Waals surface area contributed by atoms with E-state index in [-0.39, 0.29) is 30.0 Å². The third kappa shape index (κ3) is 5.63. The molecular weight excluding hydrogens is 290 g/mol. The summed E-state index contributed by atoms with van der Waals surface area (Å²) in [6.07, 6.45) is 0.161. The zero-order valence-electron chi connectivity index (χ0n) is 12.7. The van der Waals surface area contributed by atoms with Gasteiger partial charge in [-0.15, -0.1) is 0 Å². The fourth-order valence-electron chi connectivity index (χ4n) is 1.91. The molecule has 0 heterocycles. The Balaban J connectivity index is 3.08. The summed E-state index contributed by atoms with van der Waals surface area (Å²) in [5, 5.41) is 11.5. The van der Waals surface area contributed by atoms with Gasteiger partial charge < -0.3 is 10.9 Å². The first kappa shape index (κ1) is 17.3. The van der Waals surface area contributed by atoms with E-state index in [4.69, 9.17) is 10.9 Å². The van der Waals surface area contributed by atoms with E-state index < -0.39 is 10.0 Å². The Kier molecular flexibility index (Phi) is 5.60. The molecule has 7 heteroatoms. The maximum absolute atomic E-state index is 12.6. The van der Waals surface area contributed by atoms with E-state index in [2.05, 4.69) is 5.16 Å². The average molecular weight is 313 g/mol. The summed E-state index contributed by atoms with van der Waals surface area (Å²) >= 11 is 0. The van der Waals surface area contributed by atoms with Crippen molar-refractivity contribution in [2.45, 2.75) is 27.2 Å². The predicted molar refractivity (Wildman–Crippen MR) is 85.1 cm³/mol. The molecule has 0 saturated carbocycles. The number of amidine groups is 1. The number of benzene rings is 1. The molecule has 0 fully saturated rings. The molecule has 1 aromatic carbocycles. The fourth-order valence-corrected chi connectivity index (χ4v) is 3.98. The highest BCUT2D eigenvalue weighted by Crippen LogP contribution is 2.24. The van der Waals surface area contributed by atoms with Gasteiger partial charge in [-0.3, -0.25) is 4.31 Å². The predicted octanol–water partition coefficient (Wildman–Crippen LogP) is 2.01.